The molecule has 2 fully saturated rings. The lowest BCUT2D eigenvalue weighted by Gasteiger charge is -2.27. The Balaban J connectivity index is 2.05. The zero-order valence-corrected chi connectivity index (χ0v) is 14.4. The van der Waals surface area contributed by atoms with E-state index < -0.39 is 10.0 Å². The minimum Gasteiger partial charge on any atom is -0.495 e. The highest BCUT2D eigenvalue weighted by Gasteiger charge is 2.43. The van der Waals surface area contributed by atoms with Crippen LogP contribution in [0.25, 0.3) is 0 Å². The first-order chi connectivity index (χ1) is 10.4. The number of ether oxygens (including phenoxy) is 1. The lowest BCUT2D eigenvalue weighted by molar-refractivity contribution is 0.334. The first-order valence-corrected chi connectivity index (χ1v) is 9.35. The van der Waals surface area contributed by atoms with E-state index in [0.717, 1.165) is 32.4 Å². The number of benzene rings is 1. The number of aryl methyl sites for hydroxylation is 1. The van der Waals surface area contributed by atoms with Crippen LogP contribution in [0.15, 0.2) is 17.0 Å². The fraction of sp³-hybridized carbons (Fsp3) is 0.600. The molecule has 2 unspecified atom stereocenters. The number of fused-ring (bicyclic) bond motifs is 2. The Kier molecular flexibility index (Phi) is 4.38. The molecule has 2 aliphatic heterocycles. The van der Waals surface area contributed by atoms with Gasteiger partial charge in [0, 0.05) is 18.6 Å². The van der Waals surface area contributed by atoms with Gasteiger partial charge in [-0.3, -0.25) is 0 Å². The molecule has 1 aromatic rings. The molecule has 2 aliphatic rings. The normalized spacial score (nSPS) is 26.0. The van der Waals surface area contributed by atoms with Gasteiger partial charge in [0.1, 0.15) is 5.75 Å². The fourth-order valence-electron chi connectivity index (χ4n) is 3.52. The van der Waals surface area contributed by atoms with Crippen molar-refractivity contribution in [1.29, 1.82) is 0 Å². The Morgan fingerprint density at radius 1 is 1.27 bits per heavy atom. The lowest BCUT2D eigenvalue weighted by atomic mass is 10.1. The molecule has 0 amide bonds. The summed E-state index contributed by atoms with van der Waals surface area (Å²) >= 11 is 6.15. The van der Waals surface area contributed by atoms with Gasteiger partial charge in [-0.05, 0) is 50.4 Å². The van der Waals surface area contributed by atoms with Crippen molar-refractivity contribution in [2.24, 2.45) is 0 Å². The monoisotopic (exact) mass is 344 g/mol. The number of nitrogens with one attached hydrogen (secondary N) is 1. The molecule has 0 saturated carbocycles. The van der Waals surface area contributed by atoms with Gasteiger partial charge in [-0.1, -0.05) is 11.6 Å². The van der Waals surface area contributed by atoms with Crippen LogP contribution in [0.1, 0.15) is 24.8 Å². The van der Waals surface area contributed by atoms with Crippen molar-refractivity contribution in [1.82, 2.24) is 9.62 Å². The molecule has 2 atom stereocenters. The van der Waals surface area contributed by atoms with Crippen molar-refractivity contribution in [3.05, 3.63) is 22.7 Å². The summed E-state index contributed by atoms with van der Waals surface area (Å²) in [6.07, 6.45) is 2.72. The summed E-state index contributed by atoms with van der Waals surface area (Å²) in [5, 5.41) is 3.65. The average Bonchev–Trinajstić information content (AvgIpc) is 2.74. The highest BCUT2D eigenvalue weighted by atomic mass is 35.5. The van der Waals surface area contributed by atoms with Crippen LogP contribution in [-0.2, 0) is 10.0 Å². The number of methoxy groups -OCH3 is 1. The molecular weight excluding hydrogens is 324 g/mol. The largest absolute Gasteiger partial charge is 0.495 e. The van der Waals surface area contributed by atoms with Gasteiger partial charge in [0.15, 0.2) is 0 Å². The topological polar surface area (TPSA) is 58.6 Å². The van der Waals surface area contributed by atoms with E-state index in [1.807, 2.05) is 0 Å². The van der Waals surface area contributed by atoms with Crippen molar-refractivity contribution in [2.75, 3.05) is 20.2 Å². The Labute approximate surface area is 136 Å². The van der Waals surface area contributed by atoms with Crippen molar-refractivity contribution in [3.8, 4) is 5.75 Å². The number of rotatable bonds is 3. The quantitative estimate of drug-likeness (QED) is 0.913. The van der Waals surface area contributed by atoms with E-state index in [4.69, 9.17) is 16.3 Å². The summed E-state index contributed by atoms with van der Waals surface area (Å²) in [6.45, 7) is 3.37. The SMILES string of the molecule is COc1cc(C)c(S(=O)(=O)N2C3CCNCC2CC3)cc1Cl. The van der Waals surface area contributed by atoms with Crippen molar-refractivity contribution in [3.63, 3.8) is 0 Å². The van der Waals surface area contributed by atoms with Crippen LogP contribution in [0.2, 0.25) is 5.02 Å². The lowest BCUT2D eigenvalue weighted by Crippen LogP contribution is -2.42. The first-order valence-electron chi connectivity index (χ1n) is 7.53. The predicted octanol–water partition coefficient (Wildman–Crippen LogP) is 2.17. The molecule has 22 heavy (non-hydrogen) atoms. The van der Waals surface area contributed by atoms with Gasteiger partial charge < -0.3 is 10.1 Å². The maximum atomic E-state index is 13.2. The van der Waals surface area contributed by atoms with Gasteiger partial charge in [0.25, 0.3) is 0 Å². The van der Waals surface area contributed by atoms with Crippen LogP contribution in [0, 0.1) is 6.92 Å². The molecule has 0 aliphatic carbocycles. The molecule has 7 heteroatoms. The van der Waals surface area contributed by atoms with Crippen LogP contribution >= 0.6 is 11.6 Å². The first kappa shape index (κ1) is 16.1. The zero-order valence-electron chi connectivity index (χ0n) is 12.8. The highest BCUT2D eigenvalue weighted by molar-refractivity contribution is 7.89. The second kappa shape index (κ2) is 6.00. The molecule has 2 heterocycles. The summed E-state index contributed by atoms with van der Waals surface area (Å²) in [4.78, 5) is 0.289. The summed E-state index contributed by atoms with van der Waals surface area (Å²) in [6, 6.07) is 3.33. The van der Waals surface area contributed by atoms with Crippen LogP contribution < -0.4 is 10.1 Å². The fourth-order valence-corrected chi connectivity index (χ4v) is 5.96. The molecule has 0 radical (unpaired) electrons. The minimum atomic E-state index is -3.55. The van der Waals surface area contributed by atoms with Crippen LogP contribution in [0.3, 0.4) is 0 Å². The third-order valence-corrected chi connectivity index (χ3v) is 7.03. The minimum absolute atomic E-state index is 0.0396. The summed E-state index contributed by atoms with van der Waals surface area (Å²) in [7, 11) is -2.02. The van der Waals surface area contributed by atoms with E-state index >= 15 is 0 Å². The van der Waals surface area contributed by atoms with E-state index in [1.165, 1.54) is 13.2 Å². The van der Waals surface area contributed by atoms with Crippen LogP contribution in [0.4, 0.5) is 0 Å². The summed E-state index contributed by atoms with van der Waals surface area (Å²) in [5.74, 6) is 0.499. The van der Waals surface area contributed by atoms with Crippen LogP contribution in [0.5, 0.6) is 5.75 Å². The Hall–Kier alpha value is -0.820. The van der Waals surface area contributed by atoms with Crippen molar-refractivity contribution in [2.45, 2.75) is 43.2 Å². The van der Waals surface area contributed by atoms with Gasteiger partial charge in [-0.15, -0.1) is 0 Å². The third-order valence-electron chi connectivity index (χ3n) is 4.59. The predicted molar refractivity (Wildman–Crippen MR) is 86.1 cm³/mol. The van der Waals surface area contributed by atoms with Gasteiger partial charge >= 0.3 is 0 Å². The zero-order chi connectivity index (χ0) is 15.9. The molecule has 1 N–H and O–H groups in total. The number of sulfonamides is 1. The standard InChI is InChI=1S/C15H21ClN2O3S/c1-10-7-14(21-2)13(16)8-15(10)22(19,20)18-11-3-4-12(18)9-17-6-5-11/h7-8,11-12,17H,3-6,9H2,1-2H3. The Morgan fingerprint density at radius 3 is 2.73 bits per heavy atom. The molecule has 5 nitrogen and oxygen atoms in total. The van der Waals surface area contributed by atoms with Crippen LogP contribution in [-0.4, -0.2) is 45.0 Å². The maximum Gasteiger partial charge on any atom is 0.243 e. The summed E-state index contributed by atoms with van der Waals surface area (Å²) < 4.78 is 33.2. The van der Waals surface area contributed by atoms with E-state index in [9.17, 15) is 8.42 Å². The van der Waals surface area contributed by atoms with Gasteiger partial charge in [0.05, 0.1) is 17.0 Å². The van der Waals surface area contributed by atoms with Gasteiger partial charge in [-0.2, -0.15) is 4.31 Å². The third kappa shape index (κ3) is 2.62. The van der Waals surface area contributed by atoms with Crippen molar-refractivity contribution >= 4 is 21.6 Å². The maximum absolute atomic E-state index is 13.2. The molecule has 2 saturated heterocycles. The average molecular weight is 345 g/mol. The molecule has 2 bridgehead atoms. The molecule has 1 aromatic carbocycles. The number of halogens is 1. The summed E-state index contributed by atoms with van der Waals surface area (Å²) in [5.41, 5.74) is 0.665. The van der Waals surface area contributed by atoms with Gasteiger partial charge in [0.2, 0.25) is 10.0 Å². The highest BCUT2D eigenvalue weighted by Crippen LogP contribution is 2.37. The van der Waals surface area contributed by atoms with Crippen molar-refractivity contribution < 1.29 is 13.2 Å². The van der Waals surface area contributed by atoms with Gasteiger partial charge in [-0.25, -0.2) is 8.42 Å². The number of hydrogen-bond acceptors (Lipinski definition) is 4. The molecule has 122 valence electrons. The van der Waals surface area contributed by atoms with E-state index in [-0.39, 0.29) is 17.0 Å². The molecule has 0 aromatic heterocycles. The second-order valence-corrected chi connectivity index (χ2v) is 8.18. The van der Waals surface area contributed by atoms with E-state index in [2.05, 4.69) is 5.32 Å². The molecule has 3 rings (SSSR count). The van der Waals surface area contributed by atoms with E-state index in [0.29, 0.717) is 16.3 Å². The number of nitrogens with zero attached hydrogens (tertiary/aromatic N) is 1. The Bertz CT molecular complexity index is 664. The Morgan fingerprint density at radius 2 is 2.00 bits per heavy atom. The number of hydrogen-bond donors (Lipinski definition) is 1. The smallest absolute Gasteiger partial charge is 0.243 e. The second-order valence-electron chi connectivity index (χ2n) is 5.97. The molecule has 0 spiro atoms. The van der Waals surface area contributed by atoms with E-state index in [1.54, 1.807) is 17.3 Å². The molecular formula is C15H21ClN2O3S.